The van der Waals surface area contributed by atoms with Crippen molar-refractivity contribution in [2.45, 2.75) is 18.8 Å². The van der Waals surface area contributed by atoms with E-state index in [0.717, 1.165) is 44.2 Å². The van der Waals surface area contributed by atoms with Gasteiger partial charge >= 0.3 is 0 Å². The van der Waals surface area contributed by atoms with E-state index in [4.69, 9.17) is 4.74 Å². The molecule has 1 fully saturated rings. The Kier molecular flexibility index (Phi) is 4.86. The lowest BCUT2D eigenvalue weighted by Crippen LogP contribution is -2.47. The van der Waals surface area contributed by atoms with Crippen LogP contribution in [0.2, 0.25) is 0 Å². The van der Waals surface area contributed by atoms with Gasteiger partial charge in [0.2, 0.25) is 0 Å². The van der Waals surface area contributed by atoms with Crippen molar-refractivity contribution >= 4 is 12.6 Å². The standard InChI is InChI=1S/C13H21N3OS/c1-11(18)16-7-5-15(6-8-16)10-12-3-4-13(17-2)9-14-12/h3-4,9,11,18H,5-8,10H2,1-2H3. The molecule has 5 heteroatoms. The summed E-state index contributed by atoms with van der Waals surface area (Å²) in [6, 6.07) is 4.00. The van der Waals surface area contributed by atoms with Gasteiger partial charge < -0.3 is 4.74 Å². The van der Waals surface area contributed by atoms with Gasteiger partial charge in [0.25, 0.3) is 0 Å². The maximum Gasteiger partial charge on any atom is 0.137 e. The lowest BCUT2D eigenvalue weighted by Gasteiger charge is -2.36. The van der Waals surface area contributed by atoms with Gasteiger partial charge in [0, 0.05) is 38.1 Å². The summed E-state index contributed by atoms with van der Waals surface area (Å²) in [4.78, 5) is 9.22. The highest BCUT2D eigenvalue weighted by Gasteiger charge is 2.19. The lowest BCUT2D eigenvalue weighted by molar-refractivity contribution is 0.122. The van der Waals surface area contributed by atoms with Gasteiger partial charge in [-0.15, -0.1) is 0 Å². The van der Waals surface area contributed by atoms with Gasteiger partial charge in [0.15, 0.2) is 0 Å². The molecule has 18 heavy (non-hydrogen) atoms. The zero-order valence-corrected chi connectivity index (χ0v) is 11.9. The van der Waals surface area contributed by atoms with Gasteiger partial charge in [-0.25, -0.2) is 0 Å². The van der Waals surface area contributed by atoms with E-state index in [-0.39, 0.29) is 0 Å². The Bertz CT molecular complexity index is 361. The minimum absolute atomic E-state index is 0.353. The van der Waals surface area contributed by atoms with E-state index in [1.807, 2.05) is 12.1 Å². The summed E-state index contributed by atoms with van der Waals surface area (Å²) in [5.41, 5.74) is 1.10. The molecule has 1 aliphatic heterocycles. The Morgan fingerprint density at radius 2 is 2.06 bits per heavy atom. The van der Waals surface area contributed by atoms with Crippen LogP contribution in [-0.2, 0) is 6.54 Å². The molecule has 1 aromatic heterocycles. The second-order valence-electron chi connectivity index (χ2n) is 4.63. The summed E-state index contributed by atoms with van der Waals surface area (Å²) in [5.74, 6) is 0.812. The molecule has 1 aromatic rings. The molecule has 0 aromatic carbocycles. The Morgan fingerprint density at radius 1 is 1.33 bits per heavy atom. The van der Waals surface area contributed by atoms with Crippen LogP contribution in [-0.4, -0.2) is 53.4 Å². The number of rotatable bonds is 4. The van der Waals surface area contributed by atoms with E-state index in [9.17, 15) is 0 Å². The minimum Gasteiger partial charge on any atom is -0.495 e. The molecule has 1 atom stereocenters. The van der Waals surface area contributed by atoms with Crippen molar-refractivity contribution in [2.24, 2.45) is 0 Å². The summed E-state index contributed by atoms with van der Waals surface area (Å²) in [7, 11) is 1.66. The second kappa shape index (κ2) is 6.41. The molecule has 1 aliphatic rings. The maximum atomic E-state index is 5.11. The Hall–Kier alpha value is -0.780. The van der Waals surface area contributed by atoms with E-state index in [2.05, 4.69) is 34.3 Å². The molecule has 0 radical (unpaired) electrons. The largest absolute Gasteiger partial charge is 0.495 e. The zero-order valence-electron chi connectivity index (χ0n) is 11.0. The highest BCUT2D eigenvalue weighted by atomic mass is 32.1. The SMILES string of the molecule is COc1ccc(CN2CCN(C(C)S)CC2)nc1. The van der Waals surface area contributed by atoms with Crippen LogP contribution in [0, 0.1) is 0 Å². The number of piperazine rings is 1. The van der Waals surface area contributed by atoms with E-state index in [0.29, 0.717) is 5.37 Å². The first-order chi connectivity index (χ1) is 8.69. The van der Waals surface area contributed by atoms with Crippen LogP contribution in [0.4, 0.5) is 0 Å². The fourth-order valence-corrected chi connectivity index (χ4v) is 2.38. The van der Waals surface area contributed by atoms with Crippen molar-refractivity contribution in [3.05, 3.63) is 24.0 Å². The predicted molar refractivity (Wildman–Crippen MR) is 76.1 cm³/mol. The van der Waals surface area contributed by atoms with Gasteiger partial charge in [0.1, 0.15) is 5.75 Å². The summed E-state index contributed by atoms with van der Waals surface area (Å²) in [6.07, 6.45) is 1.78. The van der Waals surface area contributed by atoms with Crippen molar-refractivity contribution < 1.29 is 4.74 Å². The molecule has 0 N–H and O–H groups in total. The molecular weight excluding hydrogens is 246 g/mol. The number of hydrogen-bond acceptors (Lipinski definition) is 5. The van der Waals surface area contributed by atoms with Crippen molar-refractivity contribution in [1.29, 1.82) is 0 Å². The van der Waals surface area contributed by atoms with E-state index >= 15 is 0 Å². The third-order valence-electron chi connectivity index (χ3n) is 3.35. The molecule has 2 heterocycles. The Labute approximate surface area is 114 Å². The number of ether oxygens (including phenoxy) is 1. The Balaban J connectivity index is 1.83. The highest BCUT2D eigenvalue weighted by molar-refractivity contribution is 7.80. The van der Waals surface area contributed by atoms with Crippen LogP contribution in [0.1, 0.15) is 12.6 Å². The fraction of sp³-hybridized carbons (Fsp3) is 0.615. The number of nitrogens with zero attached hydrogens (tertiary/aromatic N) is 3. The highest BCUT2D eigenvalue weighted by Crippen LogP contribution is 2.13. The molecule has 4 nitrogen and oxygen atoms in total. The van der Waals surface area contributed by atoms with Crippen LogP contribution in [0.3, 0.4) is 0 Å². The normalized spacial score (nSPS) is 19.7. The van der Waals surface area contributed by atoms with Gasteiger partial charge in [-0.05, 0) is 19.1 Å². The fourth-order valence-electron chi connectivity index (χ4n) is 2.15. The summed E-state index contributed by atoms with van der Waals surface area (Å²) in [5, 5.41) is 0.353. The number of thiol groups is 1. The summed E-state index contributed by atoms with van der Waals surface area (Å²) in [6.45, 7) is 7.38. The van der Waals surface area contributed by atoms with Crippen LogP contribution in [0.15, 0.2) is 18.3 Å². The molecule has 0 aliphatic carbocycles. The van der Waals surface area contributed by atoms with Gasteiger partial charge in [-0.2, -0.15) is 12.6 Å². The zero-order chi connectivity index (χ0) is 13.0. The van der Waals surface area contributed by atoms with Crippen molar-refractivity contribution in [3.63, 3.8) is 0 Å². The van der Waals surface area contributed by atoms with E-state index < -0.39 is 0 Å². The minimum atomic E-state index is 0.353. The average molecular weight is 267 g/mol. The molecule has 100 valence electrons. The second-order valence-corrected chi connectivity index (χ2v) is 5.38. The first-order valence-corrected chi connectivity index (χ1v) is 6.84. The average Bonchev–Trinajstić information content (AvgIpc) is 2.40. The maximum absolute atomic E-state index is 5.11. The number of aromatic nitrogens is 1. The topological polar surface area (TPSA) is 28.6 Å². The van der Waals surface area contributed by atoms with Crippen LogP contribution in [0.5, 0.6) is 5.75 Å². The molecule has 0 bridgehead atoms. The van der Waals surface area contributed by atoms with Gasteiger partial charge in [0.05, 0.1) is 19.0 Å². The van der Waals surface area contributed by atoms with Gasteiger partial charge in [-0.3, -0.25) is 14.8 Å². The van der Waals surface area contributed by atoms with Crippen molar-refractivity contribution in [2.75, 3.05) is 33.3 Å². The van der Waals surface area contributed by atoms with Crippen LogP contribution in [0.25, 0.3) is 0 Å². The monoisotopic (exact) mass is 267 g/mol. The predicted octanol–water partition coefficient (Wildman–Crippen LogP) is 1.48. The van der Waals surface area contributed by atoms with E-state index in [1.165, 1.54) is 0 Å². The number of pyridine rings is 1. The van der Waals surface area contributed by atoms with Crippen molar-refractivity contribution in [3.8, 4) is 5.75 Å². The number of hydrogen-bond donors (Lipinski definition) is 1. The summed E-state index contributed by atoms with van der Waals surface area (Å²) >= 11 is 4.47. The molecule has 0 spiro atoms. The van der Waals surface area contributed by atoms with Crippen LogP contribution >= 0.6 is 12.6 Å². The first-order valence-electron chi connectivity index (χ1n) is 6.32. The molecule has 1 unspecified atom stereocenters. The lowest BCUT2D eigenvalue weighted by atomic mass is 10.2. The molecule has 0 saturated carbocycles. The van der Waals surface area contributed by atoms with Gasteiger partial charge in [-0.1, -0.05) is 0 Å². The van der Waals surface area contributed by atoms with Crippen LogP contribution < -0.4 is 4.74 Å². The van der Waals surface area contributed by atoms with Crippen molar-refractivity contribution in [1.82, 2.24) is 14.8 Å². The quantitative estimate of drug-likeness (QED) is 0.837. The Morgan fingerprint density at radius 3 is 2.56 bits per heavy atom. The molecule has 1 saturated heterocycles. The number of methoxy groups -OCH3 is 1. The first kappa shape index (κ1) is 13.6. The third kappa shape index (κ3) is 3.60. The molecular formula is C13H21N3OS. The molecule has 2 rings (SSSR count). The van der Waals surface area contributed by atoms with E-state index in [1.54, 1.807) is 13.3 Å². The smallest absolute Gasteiger partial charge is 0.137 e. The molecule has 0 amide bonds. The third-order valence-corrected chi connectivity index (χ3v) is 3.68. The summed E-state index contributed by atoms with van der Waals surface area (Å²) < 4.78 is 5.11.